The molecule has 10 nitrogen and oxygen atoms in total. The maximum absolute atomic E-state index is 13.9. The molecule has 1 saturated heterocycles. The molecule has 1 unspecified atom stereocenters. The van der Waals surface area contributed by atoms with Crippen LogP contribution in [0, 0.1) is 0 Å². The molecule has 0 saturated carbocycles. The lowest BCUT2D eigenvalue weighted by atomic mass is 9.91. The molecule has 0 spiro atoms. The van der Waals surface area contributed by atoms with Gasteiger partial charge in [-0.15, -0.1) is 0 Å². The lowest BCUT2D eigenvalue weighted by molar-refractivity contribution is 0.376. The second kappa shape index (κ2) is 7.56. The lowest BCUT2D eigenvalue weighted by Gasteiger charge is -2.38. The zero-order valence-corrected chi connectivity index (χ0v) is 19.2. The van der Waals surface area contributed by atoms with Crippen molar-refractivity contribution in [3.8, 4) is 5.69 Å². The Balaban J connectivity index is 1.68. The van der Waals surface area contributed by atoms with E-state index in [4.69, 9.17) is 22.4 Å². The van der Waals surface area contributed by atoms with Gasteiger partial charge in [0.15, 0.2) is 11.5 Å². The van der Waals surface area contributed by atoms with Crippen molar-refractivity contribution in [3.63, 3.8) is 0 Å². The van der Waals surface area contributed by atoms with E-state index in [0.717, 1.165) is 18.5 Å². The van der Waals surface area contributed by atoms with Gasteiger partial charge in [-0.25, -0.2) is 4.52 Å². The Bertz CT molecular complexity index is 1590. The van der Waals surface area contributed by atoms with Gasteiger partial charge in [0.05, 0.1) is 16.9 Å². The summed E-state index contributed by atoms with van der Waals surface area (Å²) in [6, 6.07) is 13.0. The van der Waals surface area contributed by atoms with Crippen LogP contribution in [-0.4, -0.2) is 40.3 Å². The van der Waals surface area contributed by atoms with E-state index in [1.807, 2.05) is 30.3 Å². The number of rotatable bonds is 4. The largest absolute Gasteiger partial charge is 0.368 e. The summed E-state index contributed by atoms with van der Waals surface area (Å²) in [4.78, 5) is 24.9. The minimum atomic E-state index is -0.639. The highest BCUT2D eigenvalue weighted by molar-refractivity contribution is 6.33. The van der Waals surface area contributed by atoms with Gasteiger partial charge in [0.1, 0.15) is 11.1 Å². The van der Waals surface area contributed by atoms with Crippen LogP contribution in [0.15, 0.2) is 59.7 Å². The van der Waals surface area contributed by atoms with E-state index in [-0.39, 0.29) is 11.5 Å². The van der Waals surface area contributed by atoms with Crippen molar-refractivity contribution in [1.29, 1.82) is 0 Å². The summed E-state index contributed by atoms with van der Waals surface area (Å²) in [5, 5.41) is 9.77. The van der Waals surface area contributed by atoms with E-state index in [1.165, 1.54) is 0 Å². The van der Waals surface area contributed by atoms with E-state index in [1.54, 1.807) is 38.1 Å². The quantitative estimate of drug-likeness (QED) is 0.425. The first kappa shape index (κ1) is 20.7. The number of benzene rings is 1. The molecule has 4 aromatic heterocycles. The third-order valence-electron chi connectivity index (χ3n) is 6.64. The number of aromatic nitrogens is 7. The summed E-state index contributed by atoms with van der Waals surface area (Å²) in [7, 11) is 0. The second-order valence-electron chi connectivity index (χ2n) is 8.38. The van der Waals surface area contributed by atoms with Crippen LogP contribution < -0.4 is 16.2 Å². The molecule has 0 aliphatic carbocycles. The number of hydrogen-bond acceptors (Lipinski definition) is 7. The van der Waals surface area contributed by atoms with Crippen molar-refractivity contribution in [3.05, 3.63) is 76.1 Å². The highest BCUT2D eigenvalue weighted by Crippen LogP contribution is 2.43. The summed E-state index contributed by atoms with van der Waals surface area (Å²) < 4.78 is 4.93. The van der Waals surface area contributed by atoms with Crippen LogP contribution in [0.5, 0.6) is 0 Å². The number of hydrogen-bond donors (Lipinski definition) is 1. The van der Waals surface area contributed by atoms with Crippen LogP contribution in [0.1, 0.15) is 32.0 Å². The number of nitrogens with zero attached hydrogens (tertiary/aromatic N) is 8. The fourth-order valence-corrected chi connectivity index (χ4v) is 5.30. The van der Waals surface area contributed by atoms with Crippen LogP contribution >= 0.6 is 11.6 Å². The number of para-hydroxylation sites is 1. The summed E-state index contributed by atoms with van der Waals surface area (Å²) in [6.45, 7) is 2.80. The molecule has 11 heteroatoms. The number of fused-ring (bicyclic) bond motifs is 2. The molecule has 2 N–H and O–H groups in total. The Hall–Kier alpha value is -3.92. The lowest BCUT2D eigenvalue weighted by Crippen LogP contribution is -2.47. The number of nitrogen functional groups attached to an aromatic ring is 1. The molecule has 34 heavy (non-hydrogen) atoms. The molecule has 0 bridgehead atoms. The van der Waals surface area contributed by atoms with Crippen LogP contribution in [0.4, 0.5) is 11.9 Å². The molecule has 1 aliphatic rings. The fourth-order valence-electron chi connectivity index (χ4n) is 5.08. The Kier molecular flexibility index (Phi) is 4.59. The molecule has 1 atom stereocenters. The monoisotopic (exact) mass is 475 g/mol. The minimum Gasteiger partial charge on any atom is -0.368 e. The highest BCUT2D eigenvalue weighted by atomic mass is 35.5. The van der Waals surface area contributed by atoms with E-state index >= 15 is 0 Å². The van der Waals surface area contributed by atoms with E-state index in [2.05, 4.69) is 26.9 Å². The average Bonchev–Trinajstić information content (AvgIpc) is 3.57. The normalized spacial score (nSPS) is 18.4. The smallest absolute Gasteiger partial charge is 0.284 e. The van der Waals surface area contributed by atoms with Gasteiger partial charge in [-0.05, 0) is 37.5 Å². The highest BCUT2D eigenvalue weighted by Gasteiger charge is 2.47. The third-order valence-corrected chi connectivity index (χ3v) is 6.94. The summed E-state index contributed by atoms with van der Waals surface area (Å²) in [5.74, 6) is 1.35. The summed E-state index contributed by atoms with van der Waals surface area (Å²) in [6.07, 6.45) is 5.72. The second-order valence-corrected chi connectivity index (χ2v) is 8.79. The van der Waals surface area contributed by atoms with Crippen molar-refractivity contribution in [1.82, 2.24) is 33.8 Å². The molecule has 0 amide bonds. The number of halogens is 1. The molecular weight excluding hydrogens is 454 g/mol. The van der Waals surface area contributed by atoms with Crippen molar-refractivity contribution in [2.24, 2.45) is 0 Å². The van der Waals surface area contributed by atoms with E-state index < -0.39 is 5.54 Å². The predicted octanol–water partition coefficient (Wildman–Crippen LogP) is 3.06. The average molecular weight is 476 g/mol. The Labute approximate surface area is 199 Å². The number of nitrogens with two attached hydrogens (primary N) is 1. The van der Waals surface area contributed by atoms with Crippen LogP contribution in [-0.2, 0) is 5.54 Å². The van der Waals surface area contributed by atoms with E-state index in [0.29, 0.717) is 40.9 Å². The predicted molar refractivity (Wildman–Crippen MR) is 130 cm³/mol. The molecule has 1 aromatic carbocycles. The molecule has 5 aromatic rings. The molecule has 1 fully saturated rings. The maximum atomic E-state index is 13.9. The van der Waals surface area contributed by atoms with Gasteiger partial charge in [-0.3, -0.25) is 9.36 Å². The standard InChI is InChI=1S/C23H22ClN9O/c1-2-23(11-6-13-30(23)22-28-21(25)27-17-9-12-26-33(17)22)20-29-31-14-10-16(24)18(31)19(34)32(20)15-7-4-3-5-8-15/h3-5,7-10,12,14H,2,6,11,13H2,1H3,(H2,25,27). The van der Waals surface area contributed by atoms with Gasteiger partial charge >= 0.3 is 0 Å². The van der Waals surface area contributed by atoms with Crippen molar-refractivity contribution in [2.45, 2.75) is 31.7 Å². The van der Waals surface area contributed by atoms with Crippen LogP contribution in [0.2, 0.25) is 5.02 Å². The topological polar surface area (TPSA) is 112 Å². The van der Waals surface area contributed by atoms with Crippen molar-refractivity contribution in [2.75, 3.05) is 17.2 Å². The van der Waals surface area contributed by atoms with Gasteiger partial charge in [0.2, 0.25) is 11.9 Å². The van der Waals surface area contributed by atoms with Crippen molar-refractivity contribution >= 4 is 34.7 Å². The molecular formula is C23H22ClN9O. The SMILES string of the molecule is CCC1(c2nn3ccc(Cl)c3c(=O)n2-c2ccccc2)CCCN1c1nc(N)nc2ccnn12. The van der Waals surface area contributed by atoms with Gasteiger partial charge in [0.25, 0.3) is 5.56 Å². The fraction of sp³-hybridized carbons (Fsp3) is 0.261. The summed E-state index contributed by atoms with van der Waals surface area (Å²) >= 11 is 6.39. The molecule has 1 aliphatic heterocycles. The molecule has 172 valence electrons. The molecule has 5 heterocycles. The van der Waals surface area contributed by atoms with Gasteiger partial charge < -0.3 is 10.6 Å². The third kappa shape index (κ3) is 2.84. The first-order valence-corrected chi connectivity index (χ1v) is 11.5. The van der Waals surface area contributed by atoms with Crippen molar-refractivity contribution < 1.29 is 0 Å². The number of anilines is 2. The first-order valence-electron chi connectivity index (χ1n) is 11.1. The first-order chi connectivity index (χ1) is 16.5. The van der Waals surface area contributed by atoms with Gasteiger partial charge in [0, 0.05) is 18.8 Å². The zero-order chi connectivity index (χ0) is 23.4. The molecule has 6 rings (SSSR count). The zero-order valence-electron chi connectivity index (χ0n) is 18.5. The molecule has 0 radical (unpaired) electrons. The van der Waals surface area contributed by atoms with Gasteiger partial charge in [-0.1, -0.05) is 36.7 Å². The van der Waals surface area contributed by atoms with Crippen LogP contribution in [0.3, 0.4) is 0 Å². The Morgan fingerprint density at radius 2 is 1.97 bits per heavy atom. The maximum Gasteiger partial charge on any atom is 0.284 e. The minimum absolute atomic E-state index is 0.168. The van der Waals surface area contributed by atoms with Gasteiger partial charge in [-0.2, -0.15) is 24.7 Å². The Morgan fingerprint density at radius 1 is 1.15 bits per heavy atom. The summed E-state index contributed by atoms with van der Waals surface area (Å²) in [5.41, 5.74) is 6.87. The Morgan fingerprint density at radius 3 is 2.76 bits per heavy atom. The van der Waals surface area contributed by atoms with E-state index in [9.17, 15) is 4.79 Å². The van der Waals surface area contributed by atoms with Crippen LogP contribution in [0.25, 0.3) is 16.9 Å².